The fraction of sp³-hybridized carbons (Fsp3) is 0.400. The second-order valence-corrected chi connectivity index (χ2v) is 4.96. The second-order valence-electron chi connectivity index (χ2n) is 3.23. The molecule has 3 nitrogen and oxygen atoms in total. The highest BCUT2D eigenvalue weighted by atomic mass is 32.2. The van der Waals surface area contributed by atoms with Gasteiger partial charge >= 0.3 is 0 Å². The van der Waals surface area contributed by atoms with Gasteiger partial charge in [0.2, 0.25) is 0 Å². The quantitative estimate of drug-likeness (QED) is 0.769. The van der Waals surface area contributed by atoms with E-state index in [1.165, 1.54) is 0 Å². The van der Waals surface area contributed by atoms with E-state index in [4.69, 9.17) is 0 Å². The predicted octanol–water partition coefficient (Wildman–Crippen LogP) is 0.331. The molecular weight excluding hydrogens is 198 g/mol. The molecule has 1 aromatic rings. The molecule has 2 unspecified atom stereocenters. The Kier molecular flexibility index (Phi) is 4.25. The Hall–Kier alpha value is -0.710. The number of nitrogens with one attached hydrogen (secondary N) is 1. The molecule has 14 heavy (non-hydrogen) atoms. The zero-order chi connectivity index (χ0) is 9.10. The summed E-state index contributed by atoms with van der Waals surface area (Å²) in [5.74, 6) is 0. The Labute approximate surface area is 86.3 Å². The van der Waals surface area contributed by atoms with Crippen molar-refractivity contribution in [3.05, 3.63) is 30.3 Å². The third-order valence-electron chi connectivity index (χ3n) is 2.29. The van der Waals surface area contributed by atoms with Gasteiger partial charge in [-0.3, -0.25) is 4.21 Å². The van der Waals surface area contributed by atoms with Crippen LogP contribution in [0.2, 0.25) is 0 Å². The molecule has 78 valence electrons. The van der Waals surface area contributed by atoms with Crippen molar-refractivity contribution in [3.63, 3.8) is 0 Å². The van der Waals surface area contributed by atoms with Crippen LogP contribution < -0.4 is 5.32 Å². The van der Waals surface area contributed by atoms with Gasteiger partial charge in [0, 0.05) is 11.4 Å². The minimum absolute atomic E-state index is 0. The lowest BCUT2D eigenvalue weighted by molar-refractivity contribution is 0.672. The Bertz CT molecular complexity index is 296. The molecule has 4 heteroatoms. The second kappa shape index (κ2) is 5.24. The molecular formula is C10H15NO2S. The van der Waals surface area contributed by atoms with Crippen molar-refractivity contribution in [2.24, 2.45) is 0 Å². The van der Waals surface area contributed by atoms with Gasteiger partial charge in [0.05, 0.1) is 16.0 Å². The number of rotatable bonds is 2. The van der Waals surface area contributed by atoms with Gasteiger partial charge in [-0.2, -0.15) is 0 Å². The molecule has 3 N–H and O–H groups in total. The first-order chi connectivity index (χ1) is 6.38. The van der Waals surface area contributed by atoms with E-state index in [0.29, 0.717) is 5.25 Å². The maximum absolute atomic E-state index is 11.9. The fourth-order valence-electron chi connectivity index (χ4n) is 1.56. The highest BCUT2D eigenvalue weighted by Crippen LogP contribution is 2.15. The van der Waals surface area contributed by atoms with E-state index < -0.39 is 10.8 Å². The van der Waals surface area contributed by atoms with Gasteiger partial charge < -0.3 is 10.8 Å². The SMILES string of the molecule is O.O=S(c1ccccc1)C1CCNC1. The van der Waals surface area contributed by atoms with Crippen molar-refractivity contribution in [1.82, 2.24) is 5.32 Å². The lowest BCUT2D eigenvalue weighted by atomic mass is 10.4. The monoisotopic (exact) mass is 213 g/mol. The van der Waals surface area contributed by atoms with Crippen molar-refractivity contribution < 1.29 is 9.69 Å². The van der Waals surface area contributed by atoms with E-state index in [9.17, 15) is 4.21 Å². The smallest absolute Gasteiger partial charge is 0.0574 e. The Balaban J connectivity index is 0.000000980. The highest BCUT2D eigenvalue weighted by Gasteiger charge is 2.21. The molecule has 0 saturated carbocycles. The van der Waals surface area contributed by atoms with Crippen LogP contribution in [0.25, 0.3) is 0 Å². The largest absolute Gasteiger partial charge is 0.412 e. The molecule has 1 aromatic carbocycles. The lowest BCUT2D eigenvalue weighted by Gasteiger charge is -2.07. The first-order valence-electron chi connectivity index (χ1n) is 4.54. The van der Waals surface area contributed by atoms with Gasteiger partial charge in [-0.15, -0.1) is 0 Å². The van der Waals surface area contributed by atoms with Crippen LogP contribution in [0, 0.1) is 0 Å². The van der Waals surface area contributed by atoms with Crippen molar-refractivity contribution in [3.8, 4) is 0 Å². The summed E-state index contributed by atoms with van der Waals surface area (Å²) in [5.41, 5.74) is 0. The highest BCUT2D eigenvalue weighted by molar-refractivity contribution is 7.85. The van der Waals surface area contributed by atoms with Gasteiger partial charge in [-0.05, 0) is 25.1 Å². The fourth-order valence-corrected chi connectivity index (χ4v) is 2.97. The van der Waals surface area contributed by atoms with Crippen molar-refractivity contribution in [2.75, 3.05) is 13.1 Å². The van der Waals surface area contributed by atoms with Crippen molar-refractivity contribution in [1.29, 1.82) is 0 Å². The summed E-state index contributed by atoms with van der Waals surface area (Å²) in [4.78, 5) is 0.955. The van der Waals surface area contributed by atoms with Crippen LogP contribution in [0.4, 0.5) is 0 Å². The van der Waals surface area contributed by atoms with E-state index >= 15 is 0 Å². The first-order valence-corrected chi connectivity index (χ1v) is 5.75. The number of benzene rings is 1. The number of hydrogen-bond donors (Lipinski definition) is 1. The van der Waals surface area contributed by atoms with Crippen LogP contribution in [0.5, 0.6) is 0 Å². The minimum atomic E-state index is -0.821. The summed E-state index contributed by atoms with van der Waals surface area (Å²) in [5, 5.41) is 3.54. The molecule has 0 bridgehead atoms. The van der Waals surface area contributed by atoms with Crippen LogP contribution in [-0.2, 0) is 10.8 Å². The van der Waals surface area contributed by atoms with Crippen molar-refractivity contribution in [2.45, 2.75) is 16.6 Å². The van der Waals surface area contributed by atoms with E-state index in [0.717, 1.165) is 24.4 Å². The molecule has 2 atom stereocenters. The molecule has 0 aliphatic carbocycles. The Morgan fingerprint density at radius 1 is 1.29 bits per heavy atom. The normalized spacial score (nSPS) is 22.7. The summed E-state index contributed by atoms with van der Waals surface area (Å²) in [6, 6.07) is 9.71. The van der Waals surface area contributed by atoms with Crippen LogP contribution in [0.1, 0.15) is 6.42 Å². The van der Waals surface area contributed by atoms with Gasteiger partial charge in [0.15, 0.2) is 0 Å². The molecule has 1 fully saturated rings. The van der Waals surface area contributed by atoms with E-state index in [-0.39, 0.29) is 5.48 Å². The van der Waals surface area contributed by atoms with Gasteiger partial charge in [0.25, 0.3) is 0 Å². The summed E-state index contributed by atoms with van der Waals surface area (Å²) in [7, 11) is -0.821. The van der Waals surface area contributed by atoms with E-state index in [1.807, 2.05) is 30.3 Å². The van der Waals surface area contributed by atoms with Crippen LogP contribution in [0.15, 0.2) is 35.2 Å². The molecule has 0 radical (unpaired) electrons. The molecule has 2 rings (SSSR count). The maximum atomic E-state index is 11.9. The molecule has 1 aliphatic heterocycles. The molecule has 0 aromatic heterocycles. The lowest BCUT2D eigenvalue weighted by Crippen LogP contribution is -2.18. The van der Waals surface area contributed by atoms with Crippen molar-refractivity contribution >= 4 is 10.8 Å². The predicted molar refractivity (Wildman–Crippen MR) is 57.7 cm³/mol. The minimum Gasteiger partial charge on any atom is -0.412 e. The molecule has 0 spiro atoms. The summed E-state index contributed by atoms with van der Waals surface area (Å²) in [6.45, 7) is 1.89. The summed E-state index contributed by atoms with van der Waals surface area (Å²) in [6.07, 6.45) is 1.03. The molecule has 1 heterocycles. The third-order valence-corrected chi connectivity index (χ3v) is 4.04. The average molecular weight is 213 g/mol. The summed E-state index contributed by atoms with van der Waals surface area (Å²) >= 11 is 0. The summed E-state index contributed by atoms with van der Waals surface area (Å²) < 4.78 is 11.9. The topological polar surface area (TPSA) is 60.6 Å². The standard InChI is InChI=1S/C10H13NOS.H2O/c12-13(10-6-7-11-8-10)9-4-2-1-3-5-9;/h1-5,10-11H,6-8H2;1H2. The zero-order valence-electron chi connectivity index (χ0n) is 7.90. The third kappa shape index (κ3) is 2.41. The van der Waals surface area contributed by atoms with Gasteiger partial charge in [-0.25, -0.2) is 0 Å². The number of hydrogen-bond acceptors (Lipinski definition) is 2. The maximum Gasteiger partial charge on any atom is 0.0574 e. The Morgan fingerprint density at radius 2 is 2.00 bits per heavy atom. The molecule has 0 amide bonds. The zero-order valence-corrected chi connectivity index (χ0v) is 8.72. The molecule has 1 aliphatic rings. The van der Waals surface area contributed by atoms with E-state index in [2.05, 4.69) is 5.32 Å². The first kappa shape index (κ1) is 11.4. The van der Waals surface area contributed by atoms with E-state index in [1.54, 1.807) is 0 Å². The van der Waals surface area contributed by atoms with Gasteiger partial charge in [0.1, 0.15) is 0 Å². The average Bonchev–Trinajstić information content (AvgIpc) is 2.71. The van der Waals surface area contributed by atoms with Crippen LogP contribution >= 0.6 is 0 Å². The Morgan fingerprint density at radius 3 is 2.57 bits per heavy atom. The van der Waals surface area contributed by atoms with Gasteiger partial charge in [-0.1, -0.05) is 18.2 Å². The van der Waals surface area contributed by atoms with Crippen LogP contribution in [-0.4, -0.2) is 28.0 Å². The molecule has 1 saturated heterocycles. The van der Waals surface area contributed by atoms with Crippen LogP contribution in [0.3, 0.4) is 0 Å².